The van der Waals surface area contributed by atoms with Crippen LogP contribution in [0.25, 0.3) is 0 Å². The first-order valence-corrected chi connectivity index (χ1v) is 8.90. The number of carboxylic acids is 1. The Balaban J connectivity index is 1.79. The molecule has 0 spiro atoms. The first-order chi connectivity index (χ1) is 10.8. The maximum atomic E-state index is 11.4. The normalized spacial score (nSPS) is 38.2. The minimum atomic E-state index is -1.03. The molecule has 0 heterocycles. The SMILES string of the molecule is CC(C)C12CC3CC(CC(c4ccc(O)c(C(=O)O)c4)(C3)C1)C2. The molecule has 124 valence electrons. The Labute approximate surface area is 137 Å². The van der Waals surface area contributed by atoms with Crippen LogP contribution in [0, 0.1) is 23.2 Å². The smallest absolute Gasteiger partial charge is 0.339 e. The maximum absolute atomic E-state index is 11.4. The fraction of sp³-hybridized carbons (Fsp3) is 0.650. The number of benzene rings is 1. The summed E-state index contributed by atoms with van der Waals surface area (Å²) in [6, 6.07) is 5.31. The average molecular weight is 314 g/mol. The van der Waals surface area contributed by atoms with Gasteiger partial charge in [-0.2, -0.15) is 0 Å². The van der Waals surface area contributed by atoms with Gasteiger partial charge < -0.3 is 10.2 Å². The predicted octanol–water partition coefficient (Wildman–Crippen LogP) is 4.58. The third-order valence-corrected chi connectivity index (χ3v) is 7.17. The molecule has 4 bridgehead atoms. The van der Waals surface area contributed by atoms with Gasteiger partial charge in [-0.25, -0.2) is 4.79 Å². The Kier molecular flexibility index (Phi) is 3.11. The molecular weight excluding hydrogens is 288 g/mol. The highest BCUT2D eigenvalue weighted by Crippen LogP contribution is 2.67. The van der Waals surface area contributed by atoms with Gasteiger partial charge in [0.25, 0.3) is 0 Å². The van der Waals surface area contributed by atoms with Gasteiger partial charge in [-0.05, 0) is 84.8 Å². The van der Waals surface area contributed by atoms with E-state index in [1.54, 1.807) is 12.1 Å². The van der Waals surface area contributed by atoms with E-state index in [4.69, 9.17) is 0 Å². The van der Waals surface area contributed by atoms with Crippen LogP contribution in [0.1, 0.15) is 68.3 Å². The van der Waals surface area contributed by atoms with Gasteiger partial charge in [-0.15, -0.1) is 0 Å². The Morgan fingerprint density at radius 2 is 1.83 bits per heavy atom. The summed E-state index contributed by atoms with van der Waals surface area (Å²) in [5.74, 6) is 1.11. The molecule has 4 fully saturated rings. The lowest BCUT2D eigenvalue weighted by atomic mass is 9.41. The maximum Gasteiger partial charge on any atom is 0.339 e. The molecule has 4 aliphatic carbocycles. The fourth-order valence-electron chi connectivity index (χ4n) is 6.38. The molecule has 2 atom stereocenters. The van der Waals surface area contributed by atoms with Gasteiger partial charge in [0.05, 0.1) is 0 Å². The molecule has 1 aromatic rings. The molecule has 0 radical (unpaired) electrons. The van der Waals surface area contributed by atoms with Crippen LogP contribution in [0.15, 0.2) is 18.2 Å². The highest BCUT2D eigenvalue weighted by molar-refractivity contribution is 5.91. The first kappa shape index (κ1) is 15.0. The monoisotopic (exact) mass is 314 g/mol. The van der Waals surface area contributed by atoms with Crippen molar-refractivity contribution in [1.29, 1.82) is 0 Å². The van der Waals surface area contributed by atoms with Crippen LogP contribution in [-0.4, -0.2) is 16.2 Å². The molecule has 2 N–H and O–H groups in total. The highest BCUT2D eigenvalue weighted by atomic mass is 16.4. The second-order valence-corrected chi connectivity index (χ2v) is 8.80. The molecule has 3 heteroatoms. The van der Waals surface area contributed by atoms with Gasteiger partial charge in [0, 0.05) is 0 Å². The van der Waals surface area contributed by atoms with Gasteiger partial charge in [0.15, 0.2) is 0 Å². The fourth-order valence-corrected chi connectivity index (χ4v) is 6.38. The minimum Gasteiger partial charge on any atom is -0.507 e. The molecule has 4 aliphatic rings. The van der Waals surface area contributed by atoms with Crippen LogP contribution in [0.3, 0.4) is 0 Å². The molecular formula is C20H26O3. The van der Waals surface area contributed by atoms with Crippen molar-refractivity contribution in [3.63, 3.8) is 0 Å². The van der Waals surface area contributed by atoms with Crippen LogP contribution in [0.5, 0.6) is 5.75 Å². The van der Waals surface area contributed by atoms with E-state index in [2.05, 4.69) is 13.8 Å². The van der Waals surface area contributed by atoms with E-state index in [0.717, 1.165) is 17.4 Å². The summed E-state index contributed by atoms with van der Waals surface area (Å²) in [5, 5.41) is 19.2. The number of aromatic hydroxyl groups is 1. The molecule has 2 unspecified atom stereocenters. The molecule has 0 aromatic heterocycles. The van der Waals surface area contributed by atoms with E-state index in [1.807, 2.05) is 6.07 Å². The number of carbonyl (C=O) groups is 1. The Morgan fingerprint density at radius 3 is 2.39 bits per heavy atom. The molecule has 0 amide bonds. The van der Waals surface area contributed by atoms with Gasteiger partial charge in [0.1, 0.15) is 11.3 Å². The number of hydrogen-bond donors (Lipinski definition) is 2. The molecule has 5 rings (SSSR count). The van der Waals surface area contributed by atoms with Crippen LogP contribution in [0.4, 0.5) is 0 Å². The van der Waals surface area contributed by atoms with Crippen molar-refractivity contribution in [2.75, 3.05) is 0 Å². The van der Waals surface area contributed by atoms with Crippen molar-refractivity contribution >= 4 is 5.97 Å². The van der Waals surface area contributed by atoms with Crippen LogP contribution < -0.4 is 0 Å². The van der Waals surface area contributed by atoms with Crippen molar-refractivity contribution in [2.45, 2.75) is 57.8 Å². The second kappa shape index (κ2) is 4.75. The van der Waals surface area contributed by atoms with Crippen molar-refractivity contribution in [2.24, 2.45) is 23.2 Å². The van der Waals surface area contributed by atoms with Gasteiger partial charge in [0.2, 0.25) is 0 Å². The van der Waals surface area contributed by atoms with E-state index in [1.165, 1.54) is 38.5 Å². The molecule has 3 nitrogen and oxygen atoms in total. The van der Waals surface area contributed by atoms with Crippen molar-refractivity contribution in [3.8, 4) is 5.75 Å². The van der Waals surface area contributed by atoms with Gasteiger partial charge in [-0.1, -0.05) is 19.9 Å². The summed E-state index contributed by atoms with van der Waals surface area (Å²) < 4.78 is 0. The number of phenols is 1. The predicted molar refractivity (Wildman–Crippen MR) is 88.7 cm³/mol. The van der Waals surface area contributed by atoms with E-state index < -0.39 is 5.97 Å². The van der Waals surface area contributed by atoms with Crippen molar-refractivity contribution in [1.82, 2.24) is 0 Å². The quantitative estimate of drug-likeness (QED) is 0.858. The number of carboxylic acid groups (broad SMARTS) is 1. The Bertz CT molecular complexity index is 647. The standard InChI is InChI=1S/C20H26O3/c1-12(2)19-7-13-5-14(8-19)10-20(9-13,11-19)15-3-4-17(21)16(6-15)18(22)23/h3-4,6,12-14,21H,5,7-11H2,1-2H3,(H,22,23). The van der Waals surface area contributed by atoms with Crippen LogP contribution in [0.2, 0.25) is 0 Å². The zero-order valence-electron chi connectivity index (χ0n) is 14.0. The molecule has 0 saturated heterocycles. The average Bonchev–Trinajstić information content (AvgIpc) is 2.45. The molecule has 0 aliphatic heterocycles. The number of hydrogen-bond acceptors (Lipinski definition) is 2. The van der Waals surface area contributed by atoms with E-state index in [-0.39, 0.29) is 16.7 Å². The third kappa shape index (κ3) is 2.12. The van der Waals surface area contributed by atoms with Crippen molar-refractivity contribution < 1.29 is 15.0 Å². The Morgan fingerprint density at radius 1 is 1.17 bits per heavy atom. The largest absolute Gasteiger partial charge is 0.507 e. The van der Waals surface area contributed by atoms with Crippen molar-refractivity contribution in [3.05, 3.63) is 29.3 Å². The van der Waals surface area contributed by atoms with Crippen LogP contribution in [-0.2, 0) is 5.41 Å². The second-order valence-electron chi connectivity index (χ2n) is 8.80. The lowest BCUT2D eigenvalue weighted by molar-refractivity contribution is -0.0961. The first-order valence-electron chi connectivity index (χ1n) is 8.90. The summed E-state index contributed by atoms with van der Waals surface area (Å²) in [6.45, 7) is 4.72. The summed E-state index contributed by atoms with van der Waals surface area (Å²) in [6.07, 6.45) is 7.65. The summed E-state index contributed by atoms with van der Waals surface area (Å²) in [7, 11) is 0. The number of aromatic carboxylic acids is 1. The van der Waals surface area contributed by atoms with Gasteiger partial charge >= 0.3 is 5.97 Å². The molecule has 23 heavy (non-hydrogen) atoms. The summed E-state index contributed by atoms with van der Waals surface area (Å²) in [5.41, 5.74) is 1.76. The topological polar surface area (TPSA) is 57.5 Å². The van der Waals surface area contributed by atoms with Gasteiger partial charge in [-0.3, -0.25) is 0 Å². The van der Waals surface area contributed by atoms with E-state index >= 15 is 0 Å². The number of rotatable bonds is 3. The third-order valence-electron chi connectivity index (χ3n) is 7.17. The highest BCUT2D eigenvalue weighted by Gasteiger charge is 2.58. The molecule has 1 aromatic carbocycles. The zero-order valence-corrected chi connectivity index (χ0v) is 14.0. The zero-order chi connectivity index (χ0) is 16.4. The van der Waals surface area contributed by atoms with E-state index in [9.17, 15) is 15.0 Å². The lowest BCUT2D eigenvalue weighted by Crippen LogP contribution is -2.55. The van der Waals surface area contributed by atoms with E-state index in [0.29, 0.717) is 11.3 Å². The summed E-state index contributed by atoms with van der Waals surface area (Å²) in [4.78, 5) is 11.4. The lowest BCUT2D eigenvalue weighted by Gasteiger charge is -2.64. The minimum absolute atomic E-state index is 0.0526. The van der Waals surface area contributed by atoms with Crippen LogP contribution >= 0.6 is 0 Å². The molecule has 4 saturated carbocycles. The Hall–Kier alpha value is -1.51. The summed E-state index contributed by atoms with van der Waals surface area (Å²) >= 11 is 0.